The molecule has 1 saturated heterocycles. The van der Waals surface area contributed by atoms with Crippen molar-refractivity contribution in [3.8, 4) is 17.0 Å². The number of anilines is 1. The molecule has 7 heteroatoms. The highest BCUT2D eigenvalue weighted by atomic mass is 19.1. The Morgan fingerprint density at radius 3 is 2.52 bits per heavy atom. The van der Waals surface area contributed by atoms with Crippen LogP contribution in [-0.2, 0) is 0 Å². The van der Waals surface area contributed by atoms with Crippen LogP contribution in [0.5, 0.6) is 5.75 Å². The normalized spacial score (nSPS) is 16.8. The SMILES string of the molecule is CC1CCCN1c1nc2cc(C(=O)O)c(O)cc2nc1-c1ccc(F)cc1. The predicted octanol–water partition coefficient (Wildman–Crippen LogP) is 3.83. The van der Waals surface area contributed by atoms with Gasteiger partial charge in [-0.15, -0.1) is 0 Å². The molecule has 2 aromatic carbocycles. The van der Waals surface area contributed by atoms with E-state index in [-0.39, 0.29) is 23.2 Å². The Kier molecular flexibility index (Phi) is 4.14. The highest BCUT2D eigenvalue weighted by molar-refractivity contribution is 5.96. The molecule has 6 nitrogen and oxygen atoms in total. The number of carboxylic acid groups (broad SMARTS) is 1. The Hall–Kier alpha value is -3.22. The molecule has 1 aromatic heterocycles. The van der Waals surface area contributed by atoms with Gasteiger partial charge in [-0.05, 0) is 50.1 Å². The lowest BCUT2D eigenvalue weighted by atomic mass is 10.1. The van der Waals surface area contributed by atoms with E-state index in [2.05, 4.69) is 21.8 Å². The molecule has 2 heterocycles. The molecule has 0 radical (unpaired) electrons. The molecule has 3 aromatic rings. The maximum Gasteiger partial charge on any atom is 0.339 e. The molecule has 4 rings (SSSR count). The minimum Gasteiger partial charge on any atom is -0.507 e. The van der Waals surface area contributed by atoms with Crippen molar-refractivity contribution in [3.63, 3.8) is 0 Å². The number of halogens is 1. The molecular formula is C20H18FN3O3. The van der Waals surface area contributed by atoms with Crippen LogP contribution in [0.25, 0.3) is 22.3 Å². The van der Waals surface area contributed by atoms with Gasteiger partial charge < -0.3 is 15.1 Å². The summed E-state index contributed by atoms with van der Waals surface area (Å²) >= 11 is 0. The van der Waals surface area contributed by atoms with Crippen LogP contribution < -0.4 is 4.90 Å². The van der Waals surface area contributed by atoms with Crippen molar-refractivity contribution >= 4 is 22.8 Å². The van der Waals surface area contributed by atoms with E-state index in [0.29, 0.717) is 28.1 Å². The van der Waals surface area contributed by atoms with Gasteiger partial charge in [0, 0.05) is 24.2 Å². The number of nitrogens with zero attached hydrogens (tertiary/aromatic N) is 3. The average Bonchev–Trinajstić information content (AvgIpc) is 3.06. The summed E-state index contributed by atoms with van der Waals surface area (Å²) in [7, 11) is 0. The summed E-state index contributed by atoms with van der Waals surface area (Å²) < 4.78 is 13.4. The van der Waals surface area contributed by atoms with E-state index in [0.717, 1.165) is 19.4 Å². The van der Waals surface area contributed by atoms with Crippen LogP contribution in [0.15, 0.2) is 36.4 Å². The summed E-state index contributed by atoms with van der Waals surface area (Å²) in [5.74, 6) is -1.29. The Labute approximate surface area is 154 Å². The van der Waals surface area contributed by atoms with Gasteiger partial charge in [0.1, 0.15) is 22.8 Å². The van der Waals surface area contributed by atoms with E-state index in [1.165, 1.54) is 24.3 Å². The van der Waals surface area contributed by atoms with Crippen LogP contribution >= 0.6 is 0 Å². The second-order valence-electron chi connectivity index (χ2n) is 6.75. The fourth-order valence-corrected chi connectivity index (χ4v) is 3.50. The third kappa shape index (κ3) is 3.05. The Morgan fingerprint density at radius 2 is 1.89 bits per heavy atom. The summed E-state index contributed by atoms with van der Waals surface area (Å²) in [5, 5.41) is 19.2. The van der Waals surface area contributed by atoms with Crippen LogP contribution in [-0.4, -0.2) is 38.7 Å². The fourth-order valence-electron chi connectivity index (χ4n) is 3.50. The first-order valence-corrected chi connectivity index (χ1v) is 8.74. The Morgan fingerprint density at radius 1 is 1.19 bits per heavy atom. The van der Waals surface area contributed by atoms with Gasteiger partial charge in [0.2, 0.25) is 0 Å². The number of aromatic nitrogens is 2. The lowest BCUT2D eigenvalue weighted by molar-refractivity contribution is 0.0694. The van der Waals surface area contributed by atoms with Crippen molar-refractivity contribution in [2.24, 2.45) is 0 Å². The zero-order chi connectivity index (χ0) is 19.1. The Balaban J connectivity index is 1.97. The second-order valence-corrected chi connectivity index (χ2v) is 6.75. The first kappa shape index (κ1) is 17.2. The quantitative estimate of drug-likeness (QED) is 0.732. The highest BCUT2D eigenvalue weighted by Gasteiger charge is 2.26. The molecule has 0 amide bonds. The van der Waals surface area contributed by atoms with E-state index < -0.39 is 5.97 Å². The number of benzene rings is 2. The molecule has 2 N–H and O–H groups in total. The lowest BCUT2D eigenvalue weighted by Crippen LogP contribution is -2.28. The summed E-state index contributed by atoms with van der Waals surface area (Å²) in [6.07, 6.45) is 2.05. The van der Waals surface area contributed by atoms with Crippen molar-refractivity contribution in [3.05, 3.63) is 47.8 Å². The molecule has 0 spiro atoms. The predicted molar refractivity (Wildman–Crippen MR) is 99.6 cm³/mol. The van der Waals surface area contributed by atoms with Crippen LogP contribution in [0.3, 0.4) is 0 Å². The molecule has 27 heavy (non-hydrogen) atoms. The standard InChI is InChI=1S/C20H18FN3O3/c1-11-3-2-8-24(11)19-18(12-4-6-13(21)7-5-12)22-16-10-17(25)14(20(26)27)9-15(16)23-19/h4-7,9-11,25H,2-3,8H2,1H3,(H,26,27). The van der Waals surface area contributed by atoms with Crippen molar-refractivity contribution < 1.29 is 19.4 Å². The van der Waals surface area contributed by atoms with Gasteiger partial charge in [-0.2, -0.15) is 0 Å². The van der Waals surface area contributed by atoms with Gasteiger partial charge in [-0.3, -0.25) is 0 Å². The molecule has 1 aliphatic rings. The maximum absolute atomic E-state index is 13.4. The fraction of sp³-hybridized carbons (Fsp3) is 0.250. The van der Waals surface area contributed by atoms with E-state index in [1.807, 2.05) is 0 Å². The third-order valence-corrected chi connectivity index (χ3v) is 4.94. The van der Waals surface area contributed by atoms with Gasteiger partial charge in [0.15, 0.2) is 5.82 Å². The average molecular weight is 367 g/mol. The molecular weight excluding hydrogens is 349 g/mol. The summed E-state index contributed by atoms with van der Waals surface area (Å²) in [6.45, 7) is 2.92. The summed E-state index contributed by atoms with van der Waals surface area (Å²) in [5.41, 5.74) is 1.85. The minimum atomic E-state index is -1.23. The minimum absolute atomic E-state index is 0.216. The largest absolute Gasteiger partial charge is 0.507 e. The van der Waals surface area contributed by atoms with Crippen LogP contribution in [0.2, 0.25) is 0 Å². The number of aromatic carboxylic acids is 1. The van der Waals surface area contributed by atoms with E-state index in [4.69, 9.17) is 0 Å². The number of hydrogen-bond donors (Lipinski definition) is 2. The molecule has 1 aliphatic heterocycles. The highest BCUT2D eigenvalue weighted by Crippen LogP contribution is 2.35. The topological polar surface area (TPSA) is 86.6 Å². The summed E-state index contributed by atoms with van der Waals surface area (Å²) in [6, 6.07) is 8.91. The Bertz CT molecular complexity index is 1040. The number of rotatable bonds is 3. The van der Waals surface area contributed by atoms with E-state index in [1.54, 1.807) is 12.1 Å². The maximum atomic E-state index is 13.4. The first-order valence-electron chi connectivity index (χ1n) is 8.74. The van der Waals surface area contributed by atoms with Crippen LogP contribution in [0.1, 0.15) is 30.1 Å². The van der Waals surface area contributed by atoms with E-state index in [9.17, 15) is 19.4 Å². The molecule has 0 saturated carbocycles. The van der Waals surface area contributed by atoms with Crippen molar-refractivity contribution in [1.82, 2.24) is 9.97 Å². The zero-order valence-corrected chi connectivity index (χ0v) is 14.7. The third-order valence-electron chi connectivity index (χ3n) is 4.94. The molecule has 0 aliphatic carbocycles. The number of aromatic hydroxyl groups is 1. The van der Waals surface area contributed by atoms with Crippen molar-refractivity contribution in [2.45, 2.75) is 25.8 Å². The molecule has 138 valence electrons. The molecule has 0 bridgehead atoms. The van der Waals surface area contributed by atoms with Crippen LogP contribution in [0, 0.1) is 5.82 Å². The van der Waals surface area contributed by atoms with Crippen molar-refractivity contribution in [1.29, 1.82) is 0 Å². The number of hydrogen-bond acceptors (Lipinski definition) is 5. The number of carboxylic acids is 1. The zero-order valence-electron chi connectivity index (χ0n) is 14.7. The number of fused-ring (bicyclic) bond motifs is 1. The smallest absolute Gasteiger partial charge is 0.339 e. The lowest BCUT2D eigenvalue weighted by Gasteiger charge is -2.25. The molecule has 1 unspecified atom stereocenters. The van der Waals surface area contributed by atoms with Gasteiger partial charge in [-0.1, -0.05) is 0 Å². The molecule has 1 fully saturated rings. The van der Waals surface area contributed by atoms with Gasteiger partial charge >= 0.3 is 5.97 Å². The first-order chi connectivity index (χ1) is 12.9. The van der Waals surface area contributed by atoms with E-state index >= 15 is 0 Å². The monoisotopic (exact) mass is 367 g/mol. The van der Waals surface area contributed by atoms with Crippen molar-refractivity contribution in [2.75, 3.05) is 11.4 Å². The van der Waals surface area contributed by atoms with Gasteiger partial charge in [-0.25, -0.2) is 19.2 Å². The van der Waals surface area contributed by atoms with Gasteiger partial charge in [0.25, 0.3) is 0 Å². The van der Waals surface area contributed by atoms with Crippen LogP contribution in [0.4, 0.5) is 10.2 Å². The number of phenols is 1. The second kappa shape index (κ2) is 6.50. The van der Waals surface area contributed by atoms with Gasteiger partial charge in [0.05, 0.1) is 11.0 Å². The summed E-state index contributed by atoms with van der Waals surface area (Å²) in [4.78, 5) is 22.8. The number of carbonyl (C=O) groups is 1. The molecule has 1 atom stereocenters.